The molecule has 0 aliphatic carbocycles. The predicted molar refractivity (Wildman–Crippen MR) is 69.8 cm³/mol. The van der Waals surface area contributed by atoms with Crippen LogP contribution in [0.3, 0.4) is 0 Å². The Morgan fingerprint density at radius 2 is 1.95 bits per heavy atom. The van der Waals surface area contributed by atoms with E-state index in [1.165, 1.54) is 0 Å². The second-order valence-electron chi connectivity index (χ2n) is 4.35. The lowest BCUT2D eigenvalue weighted by atomic mass is 10.1. The molecule has 0 bridgehead atoms. The van der Waals surface area contributed by atoms with Crippen LogP contribution in [0.25, 0.3) is 5.69 Å². The average molecular weight is 258 g/mol. The van der Waals surface area contributed by atoms with Crippen LogP contribution < -0.4 is 0 Å². The monoisotopic (exact) mass is 258 g/mol. The number of benzene rings is 1. The van der Waals surface area contributed by atoms with Gasteiger partial charge in [-0.25, -0.2) is 4.68 Å². The number of aromatic nitrogens is 2. The fourth-order valence-corrected chi connectivity index (χ4v) is 2.01. The largest absolute Gasteiger partial charge is 0.481 e. The summed E-state index contributed by atoms with van der Waals surface area (Å²) in [5.74, 6) is -0.859. The van der Waals surface area contributed by atoms with Gasteiger partial charge in [0.25, 0.3) is 0 Å². The van der Waals surface area contributed by atoms with E-state index in [1.54, 1.807) is 35.9 Å². The molecule has 1 aromatic carbocycles. The van der Waals surface area contributed by atoms with Crippen LogP contribution in [0, 0.1) is 13.8 Å². The summed E-state index contributed by atoms with van der Waals surface area (Å²) in [6.45, 7) is 3.61. The van der Waals surface area contributed by atoms with Gasteiger partial charge in [-0.05, 0) is 31.5 Å². The molecule has 0 aliphatic rings. The van der Waals surface area contributed by atoms with Crippen LogP contribution in [0.5, 0.6) is 0 Å². The minimum absolute atomic E-state index is 0.00299. The lowest BCUT2D eigenvalue weighted by molar-refractivity contribution is -0.136. The topological polar surface area (TPSA) is 72.2 Å². The maximum atomic E-state index is 10.9. The molecule has 0 radical (unpaired) electrons. The number of hydrogen-bond donors (Lipinski definition) is 1. The Bertz CT molecular complexity index is 627. The van der Waals surface area contributed by atoms with Crippen LogP contribution in [0.15, 0.2) is 24.3 Å². The minimum Gasteiger partial charge on any atom is -0.481 e. The smallest absolute Gasteiger partial charge is 0.307 e. The third-order valence-electron chi connectivity index (χ3n) is 3.00. The SMILES string of the molecule is Cc1nn(-c2ccc(CC(=O)O)cc2)c(C)c1C=O. The van der Waals surface area contributed by atoms with Gasteiger partial charge in [0, 0.05) is 0 Å². The van der Waals surface area contributed by atoms with Crippen LogP contribution in [0.4, 0.5) is 0 Å². The van der Waals surface area contributed by atoms with Gasteiger partial charge in [-0.1, -0.05) is 12.1 Å². The normalized spacial score (nSPS) is 10.4. The second kappa shape index (κ2) is 5.06. The molecule has 0 spiro atoms. The Kier molecular flexibility index (Phi) is 3.46. The van der Waals surface area contributed by atoms with Crippen LogP contribution in [0.1, 0.15) is 27.3 Å². The Morgan fingerprint density at radius 1 is 1.32 bits per heavy atom. The molecule has 0 unspecified atom stereocenters. The molecule has 0 saturated heterocycles. The Balaban J connectivity index is 2.37. The van der Waals surface area contributed by atoms with E-state index < -0.39 is 5.97 Å². The molecule has 0 aliphatic heterocycles. The zero-order valence-electron chi connectivity index (χ0n) is 10.8. The van der Waals surface area contributed by atoms with Crippen molar-refractivity contribution in [3.63, 3.8) is 0 Å². The zero-order chi connectivity index (χ0) is 14.0. The number of carboxylic acid groups (broad SMARTS) is 1. The molecule has 5 heteroatoms. The van der Waals surface area contributed by atoms with Gasteiger partial charge in [0.05, 0.1) is 29.1 Å². The minimum atomic E-state index is -0.859. The Labute approximate surface area is 110 Å². The van der Waals surface area contributed by atoms with Crippen molar-refractivity contribution in [2.45, 2.75) is 20.3 Å². The predicted octanol–water partition coefficient (Wildman–Crippen LogP) is 1.93. The first-order chi connectivity index (χ1) is 9.02. The summed E-state index contributed by atoms with van der Waals surface area (Å²) in [7, 11) is 0. The van der Waals surface area contributed by atoms with Crippen molar-refractivity contribution in [2.75, 3.05) is 0 Å². The molecule has 98 valence electrons. The third-order valence-corrected chi connectivity index (χ3v) is 3.00. The maximum absolute atomic E-state index is 10.9. The van der Waals surface area contributed by atoms with Gasteiger partial charge in [-0.2, -0.15) is 5.10 Å². The van der Waals surface area contributed by atoms with E-state index in [0.717, 1.165) is 23.2 Å². The summed E-state index contributed by atoms with van der Waals surface area (Å²) in [4.78, 5) is 21.6. The quantitative estimate of drug-likeness (QED) is 0.850. The number of aliphatic carboxylic acids is 1. The highest BCUT2D eigenvalue weighted by Crippen LogP contribution is 2.17. The number of carbonyl (C=O) groups is 2. The third kappa shape index (κ3) is 2.54. The fourth-order valence-electron chi connectivity index (χ4n) is 2.01. The second-order valence-corrected chi connectivity index (χ2v) is 4.35. The van der Waals surface area contributed by atoms with Crippen LogP contribution in [-0.2, 0) is 11.2 Å². The van der Waals surface area contributed by atoms with E-state index in [2.05, 4.69) is 5.10 Å². The van der Waals surface area contributed by atoms with E-state index in [-0.39, 0.29) is 6.42 Å². The molecule has 2 aromatic rings. The van der Waals surface area contributed by atoms with Gasteiger partial charge < -0.3 is 5.11 Å². The van der Waals surface area contributed by atoms with Crippen molar-refractivity contribution >= 4 is 12.3 Å². The number of aldehydes is 1. The fraction of sp³-hybridized carbons (Fsp3) is 0.214. The van der Waals surface area contributed by atoms with Gasteiger partial charge in [-0.15, -0.1) is 0 Å². The molecule has 0 amide bonds. The number of nitrogens with zero attached hydrogens (tertiary/aromatic N) is 2. The molecule has 1 N–H and O–H groups in total. The Morgan fingerprint density at radius 3 is 2.42 bits per heavy atom. The van der Waals surface area contributed by atoms with Crippen molar-refractivity contribution in [3.05, 3.63) is 46.8 Å². The van der Waals surface area contributed by atoms with Gasteiger partial charge in [0.15, 0.2) is 6.29 Å². The lowest BCUT2D eigenvalue weighted by Gasteiger charge is -2.05. The zero-order valence-corrected chi connectivity index (χ0v) is 10.8. The van der Waals surface area contributed by atoms with Gasteiger partial charge in [0.2, 0.25) is 0 Å². The first-order valence-corrected chi connectivity index (χ1v) is 5.85. The summed E-state index contributed by atoms with van der Waals surface area (Å²) < 4.78 is 1.68. The van der Waals surface area contributed by atoms with E-state index in [4.69, 9.17) is 5.11 Å². The molecule has 5 nitrogen and oxygen atoms in total. The first-order valence-electron chi connectivity index (χ1n) is 5.85. The molecular weight excluding hydrogens is 244 g/mol. The molecular formula is C14H14N2O3. The van der Waals surface area contributed by atoms with E-state index >= 15 is 0 Å². The summed E-state index contributed by atoms with van der Waals surface area (Å²) in [5.41, 5.74) is 3.59. The van der Waals surface area contributed by atoms with Crippen molar-refractivity contribution in [2.24, 2.45) is 0 Å². The van der Waals surface area contributed by atoms with Crippen LogP contribution >= 0.6 is 0 Å². The van der Waals surface area contributed by atoms with Crippen molar-refractivity contribution in [1.82, 2.24) is 9.78 Å². The van der Waals surface area contributed by atoms with Crippen LogP contribution in [-0.4, -0.2) is 27.1 Å². The van der Waals surface area contributed by atoms with E-state index in [0.29, 0.717) is 11.3 Å². The van der Waals surface area contributed by atoms with Crippen molar-refractivity contribution in [1.29, 1.82) is 0 Å². The number of carbonyl (C=O) groups excluding carboxylic acids is 1. The van der Waals surface area contributed by atoms with Gasteiger partial charge >= 0.3 is 5.97 Å². The van der Waals surface area contributed by atoms with Crippen LogP contribution in [0.2, 0.25) is 0 Å². The maximum Gasteiger partial charge on any atom is 0.307 e. The number of aryl methyl sites for hydroxylation is 1. The number of hydrogen-bond acceptors (Lipinski definition) is 3. The highest BCUT2D eigenvalue weighted by molar-refractivity contribution is 5.78. The molecule has 1 heterocycles. The van der Waals surface area contributed by atoms with Crippen molar-refractivity contribution < 1.29 is 14.7 Å². The molecule has 0 saturated carbocycles. The number of carboxylic acids is 1. The van der Waals surface area contributed by atoms with Crippen molar-refractivity contribution in [3.8, 4) is 5.69 Å². The average Bonchev–Trinajstić information content (AvgIpc) is 2.64. The molecule has 0 fully saturated rings. The molecule has 1 aromatic heterocycles. The summed E-state index contributed by atoms with van der Waals surface area (Å²) in [5, 5.41) is 13.0. The summed E-state index contributed by atoms with van der Waals surface area (Å²) in [6.07, 6.45) is 0.796. The molecule has 19 heavy (non-hydrogen) atoms. The summed E-state index contributed by atoms with van der Waals surface area (Å²) >= 11 is 0. The molecule has 0 atom stereocenters. The highest BCUT2D eigenvalue weighted by Gasteiger charge is 2.11. The number of rotatable bonds is 4. The first kappa shape index (κ1) is 13.0. The van der Waals surface area contributed by atoms with Gasteiger partial charge in [-0.3, -0.25) is 9.59 Å². The Hall–Kier alpha value is -2.43. The van der Waals surface area contributed by atoms with E-state index in [9.17, 15) is 9.59 Å². The highest BCUT2D eigenvalue weighted by atomic mass is 16.4. The van der Waals surface area contributed by atoms with E-state index in [1.807, 2.05) is 6.92 Å². The van der Waals surface area contributed by atoms with Gasteiger partial charge in [0.1, 0.15) is 0 Å². The lowest BCUT2D eigenvalue weighted by Crippen LogP contribution is -2.02. The standard InChI is InChI=1S/C14H14N2O3/c1-9-13(8-17)10(2)16(15-9)12-5-3-11(4-6-12)7-14(18)19/h3-6,8H,7H2,1-2H3,(H,18,19). The summed E-state index contributed by atoms with van der Waals surface area (Å²) in [6, 6.07) is 7.10. The molecule has 2 rings (SSSR count).